The maximum Gasteiger partial charge on any atom is 0.268 e. The number of likely N-dealkylation sites (N-methyl/N-ethyl adjacent to an activating group) is 1. The van der Waals surface area contributed by atoms with Crippen LogP contribution < -0.4 is 15.8 Å². The largest absolute Gasteiger partial charge is 0.355 e. The molecule has 0 saturated heterocycles. The van der Waals surface area contributed by atoms with Crippen LogP contribution in [0.5, 0.6) is 0 Å². The number of halogens is 1. The van der Waals surface area contributed by atoms with Crippen LogP contribution in [0.15, 0.2) is 29.1 Å². The first-order valence-corrected chi connectivity index (χ1v) is 11.0. The Balaban J connectivity index is 1.88. The average Bonchev–Trinajstić information content (AvgIpc) is 3.00. The summed E-state index contributed by atoms with van der Waals surface area (Å²) in [5.74, 6) is 1.19. The number of hydrogen-bond donors (Lipinski definition) is 2. The molecule has 0 fully saturated rings. The Kier molecular flexibility index (Phi) is 5.45. The first-order valence-electron chi connectivity index (χ1n) is 9.82. The van der Waals surface area contributed by atoms with E-state index < -0.39 is 0 Å². The Labute approximate surface area is 174 Å². The minimum Gasteiger partial charge on any atom is -0.355 e. The lowest BCUT2D eigenvalue weighted by molar-refractivity contribution is -0.895. The molecule has 0 amide bonds. The molecule has 1 atom stereocenters. The Morgan fingerprint density at radius 1 is 1.32 bits per heavy atom. The number of fused-ring (bicyclic) bond motifs is 3. The summed E-state index contributed by atoms with van der Waals surface area (Å²) in [6.45, 7) is 7.18. The highest BCUT2D eigenvalue weighted by Gasteiger charge is 2.26. The van der Waals surface area contributed by atoms with Crippen molar-refractivity contribution in [3.05, 3.63) is 50.1 Å². The third kappa shape index (κ3) is 3.69. The Bertz CT molecular complexity index is 1050. The van der Waals surface area contributed by atoms with E-state index >= 15 is 0 Å². The van der Waals surface area contributed by atoms with E-state index in [9.17, 15) is 4.79 Å². The Hall–Kier alpha value is -1.89. The molecular formula is C21H26ClN4OS+. The van der Waals surface area contributed by atoms with E-state index in [1.54, 1.807) is 15.9 Å². The van der Waals surface area contributed by atoms with Crippen molar-refractivity contribution in [3.8, 4) is 5.69 Å². The molecule has 0 aliphatic carbocycles. The van der Waals surface area contributed by atoms with Crippen molar-refractivity contribution in [1.29, 1.82) is 0 Å². The molecule has 0 saturated carbocycles. The quantitative estimate of drug-likeness (QED) is 0.670. The molecular weight excluding hydrogens is 392 g/mol. The van der Waals surface area contributed by atoms with Crippen LogP contribution in [-0.4, -0.2) is 29.7 Å². The minimum absolute atomic E-state index is 0.0106. The molecule has 7 heteroatoms. The summed E-state index contributed by atoms with van der Waals surface area (Å²) in [7, 11) is 2.20. The highest BCUT2D eigenvalue weighted by atomic mass is 35.5. The second kappa shape index (κ2) is 7.85. The lowest BCUT2D eigenvalue weighted by Crippen LogP contribution is -3.08. The predicted molar refractivity (Wildman–Crippen MR) is 117 cm³/mol. The van der Waals surface area contributed by atoms with Gasteiger partial charge in [-0.3, -0.25) is 4.79 Å². The summed E-state index contributed by atoms with van der Waals surface area (Å²) < 4.78 is 1.71. The van der Waals surface area contributed by atoms with Crippen LogP contribution in [0.2, 0.25) is 5.02 Å². The molecule has 1 aliphatic rings. The summed E-state index contributed by atoms with van der Waals surface area (Å²) >= 11 is 7.74. The Morgan fingerprint density at radius 2 is 2.07 bits per heavy atom. The van der Waals surface area contributed by atoms with Gasteiger partial charge in [0.1, 0.15) is 11.4 Å². The number of thiophene rings is 1. The topological polar surface area (TPSA) is 51.4 Å². The minimum atomic E-state index is 0.0106. The van der Waals surface area contributed by atoms with Crippen LogP contribution in [0.3, 0.4) is 0 Å². The number of nitrogens with zero attached hydrogens (tertiary/aromatic N) is 2. The molecule has 1 unspecified atom stereocenters. The number of quaternary nitrogens is 1. The van der Waals surface area contributed by atoms with Gasteiger partial charge in [0.2, 0.25) is 5.95 Å². The monoisotopic (exact) mass is 417 g/mol. The second-order valence-corrected chi connectivity index (χ2v) is 9.50. The van der Waals surface area contributed by atoms with Crippen molar-refractivity contribution in [2.75, 3.05) is 25.5 Å². The first-order chi connectivity index (χ1) is 13.4. The van der Waals surface area contributed by atoms with Gasteiger partial charge in [-0.15, -0.1) is 11.3 Å². The molecule has 28 heavy (non-hydrogen) atoms. The van der Waals surface area contributed by atoms with Crippen molar-refractivity contribution >= 4 is 39.1 Å². The van der Waals surface area contributed by atoms with Gasteiger partial charge in [-0.1, -0.05) is 25.4 Å². The van der Waals surface area contributed by atoms with Crippen molar-refractivity contribution in [2.45, 2.75) is 33.2 Å². The third-order valence-electron chi connectivity index (χ3n) is 5.26. The van der Waals surface area contributed by atoms with Gasteiger partial charge in [0.05, 0.1) is 29.5 Å². The van der Waals surface area contributed by atoms with E-state index in [2.05, 4.69) is 26.2 Å². The van der Waals surface area contributed by atoms with Crippen LogP contribution in [0.4, 0.5) is 5.95 Å². The molecule has 5 nitrogen and oxygen atoms in total. The molecule has 2 N–H and O–H groups in total. The lowest BCUT2D eigenvalue weighted by atomic mass is 10.1. The van der Waals surface area contributed by atoms with Crippen molar-refractivity contribution in [3.63, 3.8) is 0 Å². The highest BCUT2D eigenvalue weighted by Crippen LogP contribution is 2.30. The Morgan fingerprint density at radius 3 is 2.79 bits per heavy atom. The molecule has 3 heterocycles. The van der Waals surface area contributed by atoms with E-state index in [0.717, 1.165) is 48.4 Å². The van der Waals surface area contributed by atoms with E-state index in [1.807, 2.05) is 24.3 Å². The van der Waals surface area contributed by atoms with Gasteiger partial charge >= 0.3 is 0 Å². The smallest absolute Gasteiger partial charge is 0.268 e. The molecule has 1 aliphatic heterocycles. The van der Waals surface area contributed by atoms with Gasteiger partial charge < -0.3 is 10.2 Å². The summed E-state index contributed by atoms with van der Waals surface area (Å²) in [5, 5.41) is 4.84. The number of benzene rings is 1. The van der Waals surface area contributed by atoms with Gasteiger partial charge in [0, 0.05) is 18.0 Å². The van der Waals surface area contributed by atoms with Gasteiger partial charge in [-0.2, -0.15) is 0 Å². The third-order valence-corrected chi connectivity index (χ3v) is 6.64. The molecule has 3 aromatic rings. The van der Waals surface area contributed by atoms with E-state index in [1.165, 1.54) is 15.3 Å². The predicted octanol–water partition coefficient (Wildman–Crippen LogP) is 3.13. The second-order valence-electron chi connectivity index (χ2n) is 7.98. The van der Waals surface area contributed by atoms with E-state index in [4.69, 9.17) is 16.6 Å². The van der Waals surface area contributed by atoms with E-state index in [-0.39, 0.29) is 5.56 Å². The van der Waals surface area contributed by atoms with Crippen LogP contribution >= 0.6 is 22.9 Å². The molecule has 0 radical (unpaired) electrons. The average molecular weight is 418 g/mol. The van der Waals surface area contributed by atoms with Crippen molar-refractivity contribution < 1.29 is 4.90 Å². The van der Waals surface area contributed by atoms with Crippen LogP contribution in [0.1, 0.15) is 30.7 Å². The van der Waals surface area contributed by atoms with Crippen molar-refractivity contribution in [1.82, 2.24) is 9.55 Å². The first kappa shape index (κ1) is 19.4. The number of aromatic nitrogens is 2. The normalized spacial score (nSPS) is 16.5. The fourth-order valence-electron chi connectivity index (χ4n) is 3.68. The van der Waals surface area contributed by atoms with Gasteiger partial charge in [-0.05, 0) is 42.2 Å². The zero-order chi connectivity index (χ0) is 19.8. The van der Waals surface area contributed by atoms with Gasteiger partial charge in [-0.25, -0.2) is 9.55 Å². The summed E-state index contributed by atoms with van der Waals surface area (Å²) in [6.07, 6.45) is 1.95. The molecule has 0 spiro atoms. The maximum atomic E-state index is 13.6. The zero-order valence-corrected chi connectivity index (χ0v) is 18.1. The zero-order valence-electron chi connectivity index (χ0n) is 16.5. The number of rotatable bonds is 5. The summed E-state index contributed by atoms with van der Waals surface area (Å²) in [5.41, 5.74) is 1.99. The molecule has 1 aromatic carbocycles. The van der Waals surface area contributed by atoms with Crippen molar-refractivity contribution in [2.24, 2.45) is 5.92 Å². The number of hydrogen-bond acceptors (Lipinski definition) is 4. The molecule has 0 bridgehead atoms. The fourth-order valence-corrected chi connectivity index (χ4v) is 5.13. The summed E-state index contributed by atoms with van der Waals surface area (Å²) in [6, 6.07) is 7.38. The SMILES string of the molecule is CC(C)CCNc1nc2sc3c(c2c(=O)n1-c1ccc(Cl)cc1)CC[NH+](C)C3. The molecule has 2 aromatic heterocycles. The lowest BCUT2D eigenvalue weighted by Gasteiger charge is -2.19. The van der Waals surface area contributed by atoms with Gasteiger partial charge in [0.25, 0.3) is 5.56 Å². The molecule has 148 valence electrons. The van der Waals surface area contributed by atoms with Crippen LogP contribution in [0, 0.1) is 5.92 Å². The van der Waals surface area contributed by atoms with Crippen LogP contribution in [0.25, 0.3) is 15.9 Å². The fraction of sp³-hybridized carbons (Fsp3) is 0.429. The number of anilines is 1. The number of nitrogens with one attached hydrogen (secondary N) is 2. The van der Waals surface area contributed by atoms with E-state index in [0.29, 0.717) is 16.9 Å². The van der Waals surface area contributed by atoms with Crippen LogP contribution in [-0.2, 0) is 13.0 Å². The standard InChI is InChI=1S/C21H25ClN4OS/c1-13(2)8-10-23-21-24-19-18(16-9-11-25(3)12-17(16)28-19)20(27)26(21)15-6-4-14(22)5-7-15/h4-7,13H,8-12H2,1-3H3,(H,23,24)/p+1. The highest BCUT2D eigenvalue weighted by molar-refractivity contribution is 7.18. The molecule has 4 rings (SSSR count). The van der Waals surface area contributed by atoms with Gasteiger partial charge in [0.15, 0.2) is 0 Å². The summed E-state index contributed by atoms with van der Waals surface area (Å²) in [4.78, 5) is 22.1. The maximum absolute atomic E-state index is 13.6.